The van der Waals surface area contributed by atoms with E-state index in [0.29, 0.717) is 5.25 Å². The van der Waals surface area contributed by atoms with Crippen LogP contribution in [0, 0.1) is 12.3 Å². The summed E-state index contributed by atoms with van der Waals surface area (Å²) in [7, 11) is 0. The monoisotopic (exact) mass is 248 g/mol. The van der Waals surface area contributed by atoms with Crippen LogP contribution in [0.5, 0.6) is 0 Å². The lowest BCUT2D eigenvalue weighted by Gasteiger charge is -2.22. The number of amidine groups is 1. The van der Waals surface area contributed by atoms with Gasteiger partial charge < -0.3 is 5.73 Å². The van der Waals surface area contributed by atoms with Crippen LogP contribution in [0.4, 0.5) is 0 Å². The molecule has 2 rings (SSSR count). The van der Waals surface area contributed by atoms with Gasteiger partial charge in [0.25, 0.3) is 0 Å². The zero-order valence-corrected chi connectivity index (χ0v) is 11.1. The molecule has 0 spiro atoms. The SMILES string of the molecule is Cc1ccc(SC2CCCCC2)c(C(=N)N)c1. The Morgan fingerprint density at radius 2 is 2.00 bits per heavy atom. The summed E-state index contributed by atoms with van der Waals surface area (Å²) in [6.45, 7) is 2.04. The molecule has 1 aromatic rings. The minimum atomic E-state index is 0.187. The fourth-order valence-electron chi connectivity index (χ4n) is 2.32. The van der Waals surface area contributed by atoms with Crippen LogP contribution in [-0.4, -0.2) is 11.1 Å². The first-order chi connectivity index (χ1) is 8.16. The normalized spacial score (nSPS) is 17.0. The molecule has 0 heterocycles. The van der Waals surface area contributed by atoms with Gasteiger partial charge in [-0.2, -0.15) is 0 Å². The summed E-state index contributed by atoms with van der Waals surface area (Å²) in [4.78, 5) is 1.18. The minimum absolute atomic E-state index is 0.187. The molecule has 1 aliphatic carbocycles. The Morgan fingerprint density at radius 3 is 2.65 bits per heavy atom. The number of aryl methyl sites for hydroxylation is 1. The van der Waals surface area contributed by atoms with Crippen molar-refractivity contribution >= 4 is 17.6 Å². The molecular formula is C14H20N2S. The van der Waals surface area contributed by atoms with Crippen molar-refractivity contribution < 1.29 is 0 Å². The van der Waals surface area contributed by atoms with Crippen molar-refractivity contribution in [1.82, 2.24) is 0 Å². The van der Waals surface area contributed by atoms with Crippen LogP contribution in [-0.2, 0) is 0 Å². The van der Waals surface area contributed by atoms with E-state index in [1.165, 1.54) is 42.6 Å². The van der Waals surface area contributed by atoms with Gasteiger partial charge in [-0.1, -0.05) is 30.9 Å². The van der Waals surface area contributed by atoms with E-state index in [1.807, 2.05) is 24.8 Å². The van der Waals surface area contributed by atoms with E-state index in [1.54, 1.807) is 0 Å². The number of hydrogen-bond donors (Lipinski definition) is 2. The maximum Gasteiger partial charge on any atom is 0.123 e. The predicted octanol–water partition coefficient (Wildman–Crippen LogP) is 3.70. The molecule has 17 heavy (non-hydrogen) atoms. The molecule has 3 N–H and O–H groups in total. The van der Waals surface area contributed by atoms with Gasteiger partial charge in [0.2, 0.25) is 0 Å². The molecule has 0 atom stereocenters. The second kappa shape index (κ2) is 5.58. The van der Waals surface area contributed by atoms with Crippen LogP contribution in [0.1, 0.15) is 43.2 Å². The summed E-state index contributed by atoms with van der Waals surface area (Å²) in [5.74, 6) is 0.187. The van der Waals surface area contributed by atoms with Crippen LogP contribution in [0.25, 0.3) is 0 Å². The van der Waals surface area contributed by atoms with Gasteiger partial charge in [0.05, 0.1) is 0 Å². The fourth-order valence-corrected chi connectivity index (χ4v) is 3.69. The molecule has 2 nitrogen and oxygen atoms in total. The van der Waals surface area contributed by atoms with Gasteiger partial charge in [-0.15, -0.1) is 11.8 Å². The number of nitrogen functional groups attached to an aromatic ring is 1. The zero-order valence-electron chi connectivity index (χ0n) is 10.3. The maximum atomic E-state index is 7.65. The summed E-state index contributed by atoms with van der Waals surface area (Å²) in [6.07, 6.45) is 6.67. The van der Waals surface area contributed by atoms with Crippen molar-refractivity contribution in [1.29, 1.82) is 5.41 Å². The van der Waals surface area contributed by atoms with Crippen LogP contribution >= 0.6 is 11.8 Å². The number of thioether (sulfide) groups is 1. The Bertz CT molecular complexity index is 409. The lowest BCUT2D eigenvalue weighted by molar-refractivity contribution is 0.516. The highest BCUT2D eigenvalue weighted by molar-refractivity contribution is 8.00. The highest BCUT2D eigenvalue weighted by atomic mass is 32.2. The molecule has 1 aliphatic rings. The number of benzene rings is 1. The quantitative estimate of drug-likeness (QED) is 0.633. The molecule has 1 saturated carbocycles. The number of hydrogen-bond acceptors (Lipinski definition) is 2. The van der Waals surface area contributed by atoms with Crippen molar-refractivity contribution in [3.05, 3.63) is 29.3 Å². The lowest BCUT2D eigenvalue weighted by Crippen LogP contribution is -2.14. The van der Waals surface area contributed by atoms with Gasteiger partial charge in [-0.3, -0.25) is 5.41 Å². The molecule has 0 saturated heterocycles. The van der Waals surface area contributed by atoms with Gasteiger partial charge in [-0.25, -0.2) is 0 Å². The summed E-state index contributed by atoms with van der Waals surface area (Å²) < 4.78 is 0. The van der Waals surface area contributed by atoms with Crippen molar-refractivity contribution in [3.8, 4) is 0 Å². The minimum Gasteiger partial charge on any atom is -0.384 e. The van der Waals surface area contributed by atoms with Crippen molar-refractivity contribution in [2.75, 3.05) is 0 Å². The topological polar surface area (TPSA) is 49.9 Å². The summed E-state index contributed by atoms with van der Waals surface area (Å²) in [5, 5.41) is 8.37. The molecule has 0 aliphatic heterocycles. The van der Waals surface area contributed by atoms with E-state index >= 15 is 0 Å². The molecule has 0 unspecified atom stereocenters. The Morgan fingerprint density at radius 1 is 1.29 bits per heavy atom. The highest BCUT2D eigenvalue weighted by Gasteiger charge is 2.16. The average Bonchev–Trinajstić information content (AvgIpc) is 2.32. The lowest BCUT2D eigenvalue weighted by atomic mass is 10.0. The second-order valence-corrected chi connectivity index (χ2v) is 6.13. The molecule has 0 aromatic heterocycles. The third kappa shape index (κ3) is 3.25. The smallest absolute Gasteiger partial charge is 0.123 e. The molecule has 0 bridgehead atoms. The molecular weight excluding hydrogens is 228 g/mol. The van der Waals surface area contributed by atoms with E-state index in [2.05, 4.69) is 12.1 Å². The van der Waals surface area contributed by atoms with Gasteiger partial charge in [0, 0.05) is 15.7 Å². The molecule has 1 aromatic carbocycles. The highest BCUT2D eigenvalue weighted by Crippen LogP contribution is 2.35. The summed E-state index contributed by atoms with van der Waals surface area (Å²) in [6, 6.07) is 6.25. The standard InChI is InChI=1S/C14H20N2S/c1-10-7-8-13(12(9-10)14(15)16)17-11-5-3-2-4-6-11/h7-9,11H,2-6H2,1H3,(H3,15,16). The Balaban J connectivity index is 2.16. The van der Waals surface area contributed by atoms with Crippen LogP contribution in [0.15, 0.2) is 23.1 Å². The number of rotatable bonds is 3. The van der Waals surface area contributed by atoms with Crippen LogP contribution < -0.4 is 5.73 Å². The Hall–Kier alpha value is -0.960. The van der Waals surface area contributed by atoms with Gasteiger partial charge in [0.1, 0.15) is 5.84 Å². The first kappa shape index (κ1) is 12.5. The third-order valence-corrected chi connectivity index (χ3v) is 4.69. The van der Waals surface area contributed by atoms with Crippen molar-refractivity contribution in [2.24, 2.45) is 5.73 Å². The third-order valence-electron chi connectivity index (χ3n) is 3.27. The van der Waals surface area contributed by atoms with E-state index in [4.69, 9.17) is 11.1 Å². The van der Waals surface area contributed by atoms with Crippen LogP contribution in [0.3, 0.4) is 0 Å². The van der Waals surface area contributed by atoms with Gasteiger partial charge in [-0.05, 0) is 31.9 Å². The van der Waals surface area contributed by atoms with Crippen molar-refractivity contribution in [3.63, 3.8) is 0 Å². The van der Waals surface area contributed by atoms with E-state index in [0.717, 1.165) is 5.56 Å². The molecule has 92 valence electrons. The number of nitrogens with one attached hydrogen (secondary N) is 1. The largest absolute Gasteiger partial charge is 0.384 e. The zero-order chi connectivity index (χ0) is 12.3. The van der Waals surface area contributed by atoms with Gasteiger partial charge in [0.15, 0.2) is 0 Å². The Kier molecular flexibility index (Phi) is 4.11. The predicted molar refractivity (Wildman–Crippen MR) is 74.9 cm³/mol. The first-order valence-electron chi connectivity index (χ1n) is 6.28. The van der Waals surface area contributed by atoms with E-state index < -0.39 is 0 Å². The van der Waals surface area contributed by atoms with E-state index in [-0.39, 0.29) is 5.84 Å². The van der Waals surface area contributed by atoms with E-state index in [9.17, 15) is 0 Å². The molecule has 0 amide bonds. The molecule has 3 heteroatoms. The summed E-state index contributed by atoms with van der Waals surface area (Å²) in [5.41, 5.74) is 7.73. The summed E-state index contributed by atoms with van der Waals surface area (Å²) >= 11 is 1.91. The first-order valence-corrected chi connectivity index (χ1v) is 7.16. The van der Waals surface area contributed by atoms with Crippen LogP contribution in [0.2, 0.25) is 0 Å². The second-order valence-electron chi connectivity index (χ2n) is 4.79. The molecule has 1 fully saturated rings. The number of nitrogens with two attached hydrogens (primary N) is 1. The average molecular weight is 248 g/mol. The van der Waals surface area contributed by atoms with Crippen molar-refractivity contribution in [2.45, 2.75) is 49.2 Å². The van der Waals surface area contributed by atoms with Gasteiger partial charge >= 0.3 is 0 Å². The Labute approximate surface area is 107 Å². The fraction of sp³-hybridized carbons (Fsp3) is 0.500. The maximum absolute atomic E-state index is 7.65. The molecule has 0 radical (unpaired) electrons.